The smallest absolute Gasteiger partial charge is 0.329 e. The van der Waals surface area contributed by atoms with Gasteiger partial charge in [0, 0.05) is 24.7 Å². The summed E-state index contributed by atoms with van der Waals surface area (Å²) in [5, 5.41) is 33.5. The summed E-state index contributed by atoms with van der Waals surface area (Å²) < 4.78 is 5.41. The Morgan fingerprint density at radius 1 is 1.06 bits per heavy atom. The number of benzene rings is 1. The molecule has 0 radical (unpaired) electrons. The van der Waals surface area contributed by atoms with Crippen molar-refractivity contribution in [1.82, 2.24) is 10.2 Å². The van der Waals surface area contributed by atoms with Gasteiger partial charge in [0.1, 0.15) is 17.7 Å². The fourth-order valence-electron chi connectivity index (χ4n) is 3.14. The molecule has 0 aliphatic heterocycles. The van der Waals surface area contributed by atoms with Crippen molar-refractivity contribution in [1.29, 1.82) is 0 Å². The van der Waals surface area contributed by atoms with Crippen LogP contribution in [0, 0.1) is 5.92 Å². The minimum atomic E-state index is -1.30. The van der Waals surface area contributed by atoms with Crippen molar-refractivity contribution in [2.24, 2.45) is 5.92 Å². The molecule has 2 amide bonds. The lowest BCUT2D eigenvalue weighted by Gasteiger charge is -2.36. The van der Waals surface area contributed by atoms with Gasteiger partial charge >= 0.3 is 18.0 Å². The average Bonchev–Trinajstić information content (AvgIpc) is 2.65. The van der Waals surface area contributed by atoms with E-state index in [4.69, 9.17) is 4.74 Å². The molecule has 1 rings (SSSR count). The molecule has 0 saturated heterocycles. The molecule has 10 heteroatoms. The number of urea groups is 1. The number of hydrogen-bond donors (Lipinski definition) is 5. The maximum Gasteiger partial charge on any atom is 0.329 e. The third kappa shape index (κ3) is 8.91. The summed E-state index contributed by atoms with van der Waals surface area (Å²) in [6, 6.07) is 5.29. The second kappa shape index (κ2) is 12.2. The number of carboxylic acid groups (broad SMARTS) is 1. The first-order chi connectivity index (χ1) is 14.5. The number of ether oxygens (including phenoxy) is 1. The minimum Gasteiger partial charge on any atom is -0.480 e. The van der Waals surface area contributed by atoms with E-state index in [2.05, 4.69) is 10.6 Å². The number of carbonyl (C=O) groups is 3. The van der Waals surface area contributed by atoms with Crippen LogP contribution >= 0.6 is 0 Å². The van der Waals surface area contributed by atoms with Crippen molar-refractivity contribution >= 4 is 23.7 Å². The summed E-state index contributed by atoms with van der Waals surface area (Å²) in [4.78, 5) is 38.8. The Morgan fingerprint density at radius 2 is 1.61 bits per heavy atom. The number of amides is 2. The zero-order chi connectivity index (χ0) is 23.6. The van der Waals surface area contributed by atoms with E-state index < -0.39 is 41.6 Å². The number of rotatable bonds is 11. The lowest BCUT2D eigenvalue weighted by Crippen LogP contribution is -2.58. The number of anilines is 1. The normalized spacial score (nSPS) is 14.4. The van der Waals surface area contributed by atoms with E-state index in [1.54, 1.807) is 51.1 Å². The minimum absolute atomic E-state index is 0.0287. The molecule has 0 saturated carbocycles. The zero-order valence-corrected chi connectivity index (χ0v) is 18.4. The van der Waals surface area contributed by atoms with Crippen LogP contribution in [0.25, 0.3) is 0 Å². The molecule has 5 N–H and O–H groups in total. The van der Waals surface area contributed by atoms with E-state index in [1.165, 1.54) is 11.8 Å². The quantitative estimate of drug-likeness (QED) is 0.319. The van der Waals surface area contributed by atoms with Gasteiger partial charge in [-0.1, -0.05) is 25.1 Å². The predicted octanol–water partition coefficient (Wildman–Crippen LogP) is 0.894. The highest BCUT2D eigenvalue weighted by molar-refractivity contribution is 5.93. The largest absolute Gasteiger partial charge is 0.480 e. The second-order valence-corrected chi connectivity index (χ2v) is 8.10. The Bertz CT molecular complexity index is 715. The van der Waals surface area contributed by atoms with Crippen LogP contribution in [0.4, 0.5) is 10.5 Å². The number of aliphatic hydroxyl groups excluding tert-OH is 2. The fourth-order valence-corrected chi connectivity index (χ4v) is 3.14. The third-order valence-electron chi connectivity index (χ3n) is 4.42. The third-order valence-corrected chi connectivity index (χ3v) is 4.42. The Hall–Kier alpha value is -2.69. The van der Waals surface area contributed by atoms with Gasteiger partial charge < -0.3 is 30.7 Å². The number of nitrogens with one attached hydrogen (secondary N) is 2. The highest BCUT2D eigenvalue weighted by atomic mass is 16.6. The van der Waals surface area contributed by atoms with Crippen molar-refractivity contribution in [3.63, 3.8) is 0 Å². The highest BCUT2D eigenvalue weighted by Gasteiger charge is 2.41. The molecule has 3 atom stereocenters. The van der Waals surface area contributed by atoms with Crippen LogP contribution in [-0.2, 0) is 14.3 Å². The van der Waals surface area contributed by atoms with Gasteiger partial charge in [0.25, 0.3) is 0 Å². The topological polar surface area (TPSA) is 148 Å². The summed E-state index contributed by atoms with van der Waals surface area (Å²) in [5.74, 6) is -3.00. The number of carboxylic acids is 1. The van der Waals surface area contributed by atoms with Crippen LogP contribution in [0.1, 0.15) is 27.7 Å². The number of carbonyl (C=O) groups excluding carboxylic acids is 2. The lowest BCUT2D eigenvalue weighted by molar-refractivity contribution is -0.160. The molecule has 0 spiro atoms. The number of aliphatic carboxylic acids is 1. The first-order valence-corrected chi connectivity index (χ1v) is 10.0. The van der Waals surface area contributed by atoms with Gasteiger partial charge in [-0.25, -0.2) is 9.59 Å². The van der Waals surface area contributed by atoms with Crippen molar-refractivity contribution in [2.45, 2.75) is 45.4 Å². The lowest BCUT2D eigenvalue weighted by atomic mass is 9.91. The van der Waals surface area contributed by atoms with Crippen LogP contribution in [0.15, 0.2) is 30.3 Å². The Labute approximate surface area is 182 Å². The Kier molecular flexibility index (Phi) is 10.4. The molecule has 0 aliphatic rings. The number of aliphatic hydroxyl groups is 2. The zero-order valence-electron chi connectivity index (χ0n) is 18.4. The van der Waals surface area contributed by atoms with Gasteiger partial charge in [0.2, 0.25) is 0 Å². The van der Waals surface area contributed by atoms with E-state index in [0.29, 0.717) is 5.69 Å². The van der Waals surface area contributed by atoms with Gasteiger partial charge in [-0.05, 0) is 32.9 Å². The number of para-hydroxylation sites is 1. The van der Waals surface area contributed by atoms with E-state index in [0.717, 1.165) is 0 Å². The molecule has 0 aromatic heterocycles. The molecular weight excluding hydrogens is 406 g/mol. The molecular formula is C21H33N3O7. The molecule has 0 bridgehead atoms. The second-order valence-electron chi connectivity index (χ2n) is 8.10. The van der Waals surface area contributed by atoms with Gasteiger partial charge in [0.15, 0.2) is 0 Å². The summed E-state index contributed by atoms with van der Waals surface area (Å²) in [7, 11) is 0. The van der Waals surface area contributed by atoms with E-state index in [-0.39, 0.29) is 26.3 Å². The van der Waals surface area contributed by atoms with E-state index in [1.807, 2.05) is 0 Å². The van der Waals surface area contributed by atoms with Crippen LogP contribution in [0.3, 0.4) is 0 Å². The van der Waals surface area contributed by atoms with Crippen LogP contribution in [0.5, 0.6) is 0 Å². The maximum absolute atomic E-state index is 12.9. The van der Waals surface area contributed by atoms with Gasteiger partial charge in [0.05, 0.1) is 13.2 Å². The van der Waals surface area contributed by atoms with Crippen LogP contribution in [0.2, 0.25) is 0 Å². The van der Waals surface area contributed by atoms with E-state index in [9.17, 15) is 29.7 Å². The SMILES string of the molecule is CC(C(C(=O)O)N(CCO)CCO)[C@H](NC(=O)Nc1ccccc1)C(=O)OC(C)(C)C. The molecule has 0 heterocycles. The first-order valence-electron chi connectivity index (χ1n) is 10.0. The maximum atomic E-state index is 12.9. The van der Waals surface area contributed by atoms with Crippen molar-refractivity contribution in [2.75, 3.05) is 31.6 Å². The number of nitrogens with zero attached hydrogens (tertiary/aromatic N) is 1. The summed E-state index contributed by atoms with van der Waals surface area (Å²) >= 11 is 0. The molecule has 1 aromatic carbocycles. The van der Waals surface area contributed by atoms with E-state index >= 15 is 0 Å². The summed E-state index contributed by atoms with van der Waals surface area (Å²) in [5.41, 5.74) is -0.367. The Balaban J connectivity index is 3.17. The molecule has 2 unspecified atom stereocenters. The first kappa shape index (κ1) is 26.3. The molecule has 31 heavy (non-hydrogen) atoms. The molecule has 1 aromatic rings. The van der Waals surface area contributed by atoms with Crippen molar-refractivity contribution in [3.8, 4) is 0 Å². The molecule has 0 fully saturated rings. The van der Waals surface area contributed by atoms with Crippen LogP contribution in [-0.4, -0.2) is 82.2 Å². The van der Waals surface area contributed by atoms with Crippen molar-refractivity contribution < 1.29 is 34.4 Å². The standard InChI is InChI=1S/C21H33N3O7/c1-14(17(18(27)28)24(10-12-25)11-13-26)16(19(29)31-21(2,3)4)23-20(30)22-15-8-6-5-7-9-15/h5-9,14,16-17,25-26H,10-13H2,1-4H3,(H,27,28)(H2,22,23,30)/t14?,16-,17?/m0/s1. The summed E-state index contributed by atoms with van der Waals surface area (Å²) in [6.07, 6.45) is 0. The number of esters is 1. The Morgan fingerprint density at radius 3 is 2.06 bits per heavy atom. The van der Waals surface area contributed by atoms with Gasteiger partial charge in [-0.15, -0.1) is 0 Å². The average molecular weight is 440 g/mol. The molecule has 0 aliphatic carbocycles. The monoisotopic (exact) mass is 439 g/mol. The van der Waals surface area contributed by atoms with Crippen LogP contribution < -0.4 is 10.6 Å². The van der Waals surface area contributed by atoms with Gasteiger partial charge in [-0.3, -0.25) is 9.69 Å². The number of hydrogen-bond acceptors (Lipinski definition) is 7. The fraction of sp³-hybridized carbons (Fsp3) is 0.571. The van der Waals surface area contributed by atoms with Crippen molar-refractivity contribution in [3.05, 3.63) is 30.3 Å². The molecule has 10 nitrogen and oxygen atoms in total. The van der Waals surface area contributed by atoms with Gasteiger partial charge in [-0.2, -0.15) is 0 Å². The molecule has 174 valence electrons. The predicted molar refractivity (Wildman–Crippen MR) is 115 cm³/mol. The highest BCUT2D eigenvalue weighted by Crippen LogP contribution is 2.20. The summed E-state index contributed by atoms with van der Waals surface area (Å²) in [6.45, 7) is 5.75.